The highest BCUT2D eigenvalue weighted by molar-refractivity contribution is 8.01. The number of nitrogens with two attached hydrogens (primary N) is 1. The molecule has 1 aromatic rings. The van der Waals surface area contributed by atoms with Crippen molar-refractivity contribution in [1.82, 2.24) is 5.32 Å². The summed E-state index contributed by atoms with van der Waals surface area (Å²) in [4.78, 5) is 11.6. The number of rotatable bonds is 4. The van der Waals surface area contributed by atoms with Gasteiger partial charge in [-0.15, -0.1) is 0 Å². The number of thioether (sulfide) groups is 1. The van der Waals surface area contributed by atoms with Crippen LogP contribution in [-0.4, -0.2) is 17.2 Å². The number of nitrogen functional groups attached to an aromatic ring is 1. The van der Waals surface area contributed by atoms with Crippen LogP contribution in [0, 0.1) is 0 Å². The van der Waals surface area contributed by atoms with Gasteiger partial charge in [0.15, 0.2) is 0 Å². The molecule has 0 heterocycles. The minimum Gasteiger partial charge on any atom is -0.399 e. The minimum atomic E-state index is -3.45. The van der Waals surface area contributed by atoms with E-state index >= 15 is 0 Å². The van der Waals surface area contributed by atoms with E-state index in [9.17, 15) is 13.6 Å². The molecule has 1 saturated carbocycles. The molecule has 0 spiro atoms. The lowest BCUT2D eigenvalue weighted by Crippen LogP contribution is -2.38. The van der Waals surface area contributed by atoms with Gasteiger partial charge in [-0.05, 0) is 48.9 Å². The molecule has 0 bridgehead atoms. The number of alkyl halides is 2. The molecular formula is C11H12F2N2OS. The Bertz CT molecular complexity index is 418. The summed E-state index contributed by atoms with van der Waals surface area (Å²) in [6.45, 7) is 0. The van der Waals surface area contributed by atoms with Gasteiger partial charge in [-0.1, -0.05) is 0 Å². The zero-order valence-corrected chi connectivity index (χ0v) is 9.77. The molecule has 1 fully saturated rings. The van der Waals surface area contributed by atoms with E-state index in [1.165, 1.54) is 24.3 Å². The molecule has 3 N–H and O–H groups in total. The second-order valence-electron chi connectivity index (χ2n) is 3.94. The van der Waals surface area contributed by atoms with Crippen LogP contribution in [0.3, 0.4) is 0 Å². The van der Waals surface area contributed by atoms with Gasteiger partial charge in [0.1, 0.15) is 0 Å². The fraction of sp³-hybridized carbons (Fsp3) is 0.364. The summed E-state index contributed by atoms with van der Waals surface area (Å²) >= 11 is 0.232. The monoisotopic (exact) mass is 258 g/mol. The van der Waals surface area contributed by atoms with E-state index < -0.39 is 11.2 Å². The lowest BCUT2D eigenvalue weighted by atomic mass is 10.3. The van der Waals surface area contributed by atoms with E-state index in [4.69, 9.17) is 5.73 Å². The number of hydrogen-bond acceptors (Lipinski definition) is 3. The van der Waals surface area contributed by atoms with Crippen molar-refractivity contribution in [1.29, 1.82) is 0 Å². The average molecular weight is 258 g/mol. The van der Waals surface area contributed by atoms with E-state index in [-0.39, 0.29) is 17.8 Å². The van der Waals surface area contributed by atoms with Crippen LogP contribution in [0.4, 0.5) is 14.5 Å². The summed E-state index contributed by atoms with van der Waals surface area (Å²) in [5, 5.41) is -1.15. The number of benzene rings is 1. The Hall–Kier alpha value is -1.30. The van der Waals surface area contributed by atoms with Crippen molar-refractivity contribution in [2.24, 2.45) is 0 Å². The highest BCUT2D eigenvalue weighted by Gasteiger charge is 2.42. The van der Waals surface area contributed by atoms with Crippen molar-refractivity contribution in [2.45, 2.75) is 29.0 Å². The van der Waals surface area contributed by atoms with Gasteiger partial charge in [0.2, 0.25) is 0 Å². The number of amides is 1. The maximum atomic E-state index is 13.5. The second kappa shape index (κ2) is 4.52. The van der Waals surface area contributed by atoms with Gasteiger partial charge in [-0.3, -0.25) is 4.79 Å². The van der Waals surface area contributed by atoms with Gasteiger partial charge in [0.05, 0.1) is 0 Å². The predicted molar refractivity (Wildman–Crippen MR) is 62.8 cm³/mol. The Morgan fingerprint density at radius 2 is 1.94 bits per heavy atom. The molecule has 1 amide bonds. The van der Waals surface area contributed by atoms with Crippen molar-refractivity contribution >= 4 is 23.4 Å². The van der Waals surface area contributed by atoms with Crippen molar-refractivity contribution in [3.8, 4) is 0 Å². The Morgan fingerprint density at radius 3 is 2.47 bits per heavy atom. The highest BCUT2D eigenvalue weighted by Crippen LogP contribution is 2.37. The zero-order valence-electron chi connectivity index (χ0n) is 8.95. The number of halogens is 2. The maximum Gasteiger partial charge on any atom is 0.374 e. The van der Waals surface area contributed by atoms with Crippen LogP contribution in [0.5, 0.6) is 0 Å². The molecule has 0 unspecified atom stereocenters. The molecule has 3 nitrogen and oxygen atoms in total. The molecule has 92 valence electrons. The second-order valence-corrected chi connectivity index (χ2v) is 5.12. The number of carbonyl (C=O) groups is 1. The first-order valence-electron chi connectivity index (χ1n) is 5.21. The first kappa shape index (κ1) is 12.2. The SMILES string of the molecule is Nc1ccc(SC(F)(F)C(=O)NC2CC2)cc1. The molecule has 2 rings (SSSR count). The molecule has 6 heteroatoms. The van der Waals surface area contributed by atoms with Gasteiger partial charge in [0.25, 0.3) is 0 Å². The van der Waals surface area contributed by atoms with E-state index in [1.807, 2.05) is 0 Å². The summed E-state index contributed by atoms with van der Waals surface area (Å²) in [6.07, 6.45) is 1.57. The van der Waals surface area contributed by atoms with Crippen LogP contribution in [0.2, 0.25) is 0 Å². The number of anilines is 1. The summed E-state index contributed by atoms with van der Waals surface area (Å²) in [5.74, 6) is -1.22. The van der Waals surface area contributed by atoms with Crippen molar-refractivity contribution in [3.05, 3.63) is 24.3 Å². The van der Waals surface area contributed by atoms with E-state index in [1.54, 1.807) is 0 Å². The molecule has 0 radical (unpaired) electrons. The fourth-order valence-electron chi connectivity index (χ4n) is 1.23. The molecule has 1 aliphatic carbocycles. The predicted octanol–water partition coefficient (Wildman–Crippen LogP) is 2.23. The Balaban J connectivity index is 1.99. The Morgan fingerprint density at radius 1 is 1.35 bits per heavy atom. The van der Waals surface area contributed by atoms with Crippen molar-refractivity contribution in [3.63, 3.8) is 0 Å². The van der Waals surface area contributed by atoms with Crippen LogP contribution in [0.25, 0.3) is 0 Å². The molecule has 1 aromatic carbocycles. The molecule has 0 aliphatic heterocycles. The maximum absolute atomic E-state index is 13.5. The molecular weight excluding hydrogens is 246 g/mol. The summed E-state index contributed by atoms with van der Waals surface area (Å²) in [7, 11) is 0. The van der Waals surface area contributed by atoms with Crippen LogP contribution in [0.1, 0.15) is 12.8 Å². The third-order valence-corrected chi connectivity index (χ3v) is 3.25. The smallest absolute Gasteiger partial charge is 0.374 e. The molecule has 1 aliphatic rings. The standard InChI is InChI=1S/C11H12F2N2OS/c12-11(13,10(16)15-8-3-4-8)17-9-5-1-7(14)2-6-9/h1-2,5-6,8H,3-4,14H2,(H,15,16). The van der Waals surface area contributed by atoms with Crippen LogP contribution < -0.4 is 11.1 Å². The summed E-state index contributed by atoms with van der Waals surface area (Å²) in [6, 6.07) is 5.92. The molecule has 17 heavy (non-hydrogen) atoms. The lowest BCUT2D eigenvalue weighted by molar-refractivity contribution is -0.135. The first-order valence-corrected chi connectivity index (χ1v) is 6.02. The Labute approximate surface area is 102 Å². The topological polar surface area (TPSA) is 55.1 Å². The third kappa shape index (κ3) is 3.33. The van der Waals surface area contributed by atoms with E-state index in [0.717, 1.165) is 12.8 Å². The Kier molecular flexibility index (Phi) is 3.24. The number of carbonyl (C=O) groups excluding carboxylic acids is 1. The quantitative estimate of drug-likeness (QED) is 0.643. The van der Waals surface area contributed by atoms with Gasteiger partial charge < -0.3 is 11.1 Å². The molecule has 0 atom stereocenters. The van der Waals surface area contributed by atoms with E-state index in [0.29, 0.717) is 10.6 Å². The zero-order chi connectivity index (χ0) is 12.5. The van der Waals surface area contributed by atoms with Gasteiger partial charge >= 0.3 is 11.2 Å². The summed E-state index contributed by atoms with van der Waals surface area (Å²) in [5.41, 5.74) is 5.95. The van der Waals surface area contributed by atoms with Crippen LogP contribution in [-0.2, 0) is 4.79 Å². The molecule has 0 saturated heterocycles. The van der Waals surface area contributed by atoms with Crippen molar-refractivity contribution in [2.75, 3.05) is 5.73 Å². The van der Waals surface area contributed by atoms with Crippen molar-refractivity contribution < 1.29 is 13.6 Å². The molecule has 0 aromatic heterocycles. The first-order chi connectivity index (χ1) is 7.97. The highest BCUT2D eigenvalue weighted by atomic mass is 32.2. The largest absolute Gasteiger partial charge is 0.399 e. The normalized spacial score (nSPS) is 15.6. The van der Waals surface area contributed by atoms with E-state index in [2.05, 4.69) is 5.32 Å². The lowest BCUT2D eigenvalue weighted by Gasteiger charge is -2.15. The number of hydrogen-bond donors (Lipinski definition) is 2. The van der Waals surface area contributed by atoms with Crippen LogP contribution in [0.15, 0.2) is 29.2 Å². The average Bonchev–Trinajstić information content (AvgIpc) is 3.05. The number of nitrogens with one attached hydrogen (secondary N) is 1. The minimum absolute atomic E-state index is 0.0691. The fourth-order valence-corrected chi connectivity index (χ4v) is 1.95. The van der Waals surface area contributed by atoms with Gasteiger partial charge in [-0.25, -0.2) is 0 Å². The third-order valence-electron chi connectivity index (χ3n) is 2.30. The van der Waals surface area contributed by atoms with Crippen LogP contribution >= 0.6 is 11.8 Å². The van der Waals surface area contributed by atoms with Gasteiger partial charge in [-0.2, -0.15) is 8.78 Å². The summed E-state index contributed by atoms with van der Waals surface area (Å²) < 4.78 is 27.0. The van der Waals surface area contributed by atoms with Gasteiger partial charge in [0, 0.05) is 16.6 Å².